The highest BCUT2D eigenvalue weighted by molar-refractivity contribution is 7.89. The minimum atomic E-state index is -3.89. The van der Waals surface area contributed by atoms with Crippen molar-refractivity contribution in [2.24, 2.45) is 25.0 Å². The Hall–Kier alpha value is -5.87. The molecule has 4 heterocycles. The van der Waals surface area contributed by atoms with Gasteiger partial charge in [-0.1, -0.05) is 99.7 Å². The lowest BCUT2D eigenvalue weighted by Gasteiger charge is -2.23. The zero-order chi connectivity index (χ0) is 41.9. The molecule has 0 unspecified atom stereocenters. The summed E-state index contributed by atoms with van der Waals surface area (Å²) in [6, 6.07) is 25.1. The van der Waals surface area contributed by atoms with Gasteiger partial charge in [0.2, 0.25) is 20.0 Å². The molecule has 2 aliphatic heterocycles. The largest absolute Gasteiger partial charge is 0.324 e. The van der Waals surface area contributed by atoms with Gasteiger partial charge in [-0.15, -0.1) is 0 Å². The Morgan fingerprint density at radius 3 is 1.70 bits per heavy atom. The van der Waals surface area contributed by atoms with Crippen molar-refractivity contribution < 1.29 is 16.8 Å². The molecule has 6 bridgehead atoms. The van der Waals surface area contributed by atoms with Gasteiger partial charge in [-0.25, -0.2) is 51.2 Å². The first-order valence-corrected chi connectivity index (χ1v) is 23.9. The third kappa shape index (κ3) is 7.49. The molecule has 2 aromatic heterocycles. The number of aromatic nitrogens is 2. The van der Waals surface area contributed by atoms with Crippen molar-refractivity contribution in [1.29, 1.82) is 0 Å². The fourth-order valence-electron chi connectivity index (χ4n) is 8.99. The van der Waals surface area contributed by atoms with Crippen molar-refractivity contribution in [3.05, 3.63) is 125 Å². The second-order valence-electron chi connectivity index (χ2n) is 16.3. The third-order valence-corrected chi connectivity index (χ3v) is 15.2. The monoisotopic (exact) mass is 851 g/mol. The number of benzene rings is 4. The van der Waals surface area contributed by atoms with Crippen molar-refractivity contribution >= 4 is 76.3 Å². The first-order chi connectivity index (χ1) is 29.5. The van der Waals surface area contributed by atoms with Crippen LogP contribution in [-0.4, -0.2) is 56.3 Å². The lowest BCUT2D eigenvalue weighted by Crippen LogP contribution is -2.36. The lowest BCUT2D eigenvalue weighted by atomic mass is 9.96. The number of H-pyrrole nitrogens is 2. The van der Waals surface area contributed by atoms with E-state index in [-0.39, 0.29) is 21.9 Å². The van der Waals surface area contributed by atoms with Crippen LogP contribution in [0.3, 0.4) is 0 Å². The quantitative estimate of drug-likeness (QED) is 0.134. The van der Waals surface area contributed by atoms with E-state index in [0.29, 0.717) is 67.6 Å². The number of amidine groups is 2. The predicted molar refractivity (Wildman–Crippen MR) is 240 cm³/mol. The van der Waals surface area contributed by atoms with Gasteiger partial charge in [0, 0.05) is 61.6 Å². The van der Waals surface area contributed by atoms with Gasteiger partial charge in [0.1, 0.15) is 22.6 Å². The summed E-state index contributed by atoms with van der Waals surface area (Å²) in [4.78, 5) is 32.2. The zero-order valence-electron chi connectivity index (χ0n) is 33.7. The van der Waals surface area contributed by atoms with Crippen LogP contribution in [0.15, 0.2) is 126 Å². The second-order valence-corrected chi connectivity index (χ2v) is 19.7. The number of hydrogen-bond acceptors (Lipinski definition) is 9. The minimum Gasteiger partial charge on any atom is -0.324 e. The molecule has 4 aliphatic rings. The molecule has 13 nitrogen and oxygen atoms in total. The van der Waals surface area contributed by atoms with Crippen LogP contribution < -0.4 is 20.4 Å². The number of rotatable bonds is 6. The molecule has 61 heavy (non-hydrogen) atoms. The van der Waals surface area contributed by atoms with Gasteiger partial charge in [0.05, 0.1) is 15.5 Å². The van der Waals surface area contributed by atoms with Gasteiger partial charge < -0.3 is 9.97 Å². The second kappa shape index (κ2) is 15.5. The van der Waals surface area contributed by atoms with Crippen LogP contribution in [0.2, 0.25) is 0 Å². The lowest BCUT2D eigenvalue weighted by molar-refractivity contribution is 0.412. The number of sulfonamides is 2. The van der Waals surface area contributed by atoms with Crippen LogP contribution >= 0.6 is 0 Å². The summed E-state index contributed by atoms with van der Waals surface area (Å²) in [6.07, 6.45) is 9.32. The first kappa shape index (κ1) is 39.3. The van der Waals surface area contributed by atoms with Gasteiger partial charge >= 0.3 is 0 Å². The number of aliphatic imine (C=N–C) groups is 3. The third-order valence-electron chi connectivity index (χ3n) is 12.2. The molecule has 6 aromatic rings. The van der Waals surface area contributed by atoms with Crippen molar-refractivity contribution in [3.63, 3.8) is 0 Å². The summed E-state index contributed by atoms with van der Waals surface area (Å²) >= 11 is 0. The summed E-state index contributed by atoms with van der Waals surface area (Å²) in [5, 5.41) is 2.79. The number of nitrogens with one attached hydrogen (secondary N) is 4. The van der Waals surface area contributed by atoms with Crippen molar-refractivity contribution in [3.8, 4) is 0 Å². The van der Waals surface area contributed by atoms with E-state index >= 15 is 0 Å². The molecular formula is C46H45N9O4S2. The predicted octanol–water partition coefficient (Wildman–Crippen LogP) is 7.77. The molecule has 0 spiro atoms. The molecule has 4 N–H and O–H groups in total. The first-order valence-electron chi connectivity index (χ1n) is 20.9. The van der Waals surface area contributed by atoms with Gasteiger partial charge in [-0.2, -0.15) is 0 Å². The van der Waals surface area contributed by atoms with E-state index < -0.39 is 20.0 Å². The number of aromatic amines is 2. The number of hydrogen-bond donors (Lipinski definition) is 4. The van der Waals surface area contributed by atoms with Crippen LogP contribution in [0.1, 0.15) is 93.4 Å². The summed E-state index contributed by atoms with van der Waals surface area (Å²) in [7, 11) is -7.77. The molecule has 2 fully saturated rings. The molecule has 4 aromatic carbocycles. The topological polar surface area (TPSA) is 186 Å². The molecule has 0 saturated heterocycles. The Labute approximate surface area is 353 Å². The Morgan fingerprint density at radius 1 is 0.525 bits per heavy atom. The number of nitrogens with zero attached hydrogens (tertiary/aromatic N) is 5. The maximum atomic E-state index is 13.9. The van der Waals surface area contributed by atoms with Crippen LogP contribution in [-0.2, 0) is 20.0 Å². The molecule has 0 atom stereocenters. The molecule has 0 radical (unpaired) electrons. The van der Waals surface area contributed by atoms with E-state index in [4.69, 9.17) is 25.0 Å². The summed E-state index contributed by atoms with van der Waals surface area (Å²) < 4.78 is 61.5. The standard InChI is InChI=1S/C46H45N9O4S2/c1-27-33-23-21-31(60(56,57)54-29-13-5-3-6-14-29)25-39(33)28(2)48-41-34-17-9-10-18-35(34)42(49-41)50-43-36-19-11-12-20-37(36)44(51-43)52-45-38-24-22-32(26-40(38)46(47-27)53-45)61(58,59)55-30-15-7-4-8-16-30/h9-12,17-26,29-30,49,54-55H,1,3-8,13-16H2,2H3,(H,47,50,51,52,53). The Bertz CT molecular complexity index is 3240. The van der Waals surface area contributed by atoms with E-state index in [0.717, 1.165) is 86.1 Å². The van der Waals surface area contributed by atoms with E-state index in [1.54, 1.807) is 36.4 Å². The molecule has 15 heteroatoms. The highest BCUT2D eigenvalue weighted by Gasteiger charge is 2.27. The molecule has 10 rings (SSSR count). The van der Waals surface area contributed by atoms with Crippen molar-refractivity contribution in [2.75, 3.05) is 0 Å². The van der Waals surface area contributed by atoms with Crippen LogP contribution in [0.5, 0.6) is 0 Å². The van der Waals surface area contributed by atoms with Gasteiger partial charge in [0.15, 0.2) is 11.7 Å². The average Bonchev–Trinajstić information content (AvgIpc) is 3.91. The summed E-state index contributed by atoms with van der Waals surface area (Å²) in [6.45, 7) is 6.22. The van der Waals surface area contributed by atoms with E-state index in [1.165, 1.54) is 0 Å². The average molecular weight is 852 g/mol. The maximum Gasteiger partial charge on any atom is 0.240 e. The Morgan fingerprint density at radius 2 is 1.07 bits per heavy atom. The van der Waals surface area contributed by atoms with Gasteiger partial charge in [-0.3, -0.25) is 0 Å². The highest BCUT2D eigenvalue weighted by Crippen LogP contribution is 2.36. The zero-order valence-corrected chi connectivity index (χ0v) is 35.3. The number of fused-ring (bicyclic) bond motifs is 15. The Kier molecular flexibility index (Phi) is 10.0. The summed E-state index contributed by atoms with van der Waals surface area (Å²) in [5.74, 6) is 1.97. The maximum absolute atomic E-state index is 13.9. The molecule has 0 amide bonds. The Balaban J connectivity index is 1.20. The molecule has 2 saturated carbocycles. The van der Waals surface area contributed by atoms with E-state index in [1.807, 2.05) is 55.5 Å². The minimum absolute atomic E-state index is 0.105. The van der Waals surface area contributed by atoms with Crippen LogP contribution in [0.25, 0.3) is 27.2 Å². The van der Waals surface area contributed by atoms with Crippen molar-refractivity contribution in [2.45, 2.75) is 93.0 Å². The van der Waals surface area contributed by atoms with Crippen LogP contribution in [0.4, 0.5) is 11.6 Å². The smallest absolute Gasteiger partial charge is 0.240 e. The normalized spacial score (nSPS) is 17.8. The van der Waals surface area contributed by atoms with Crippen LogP contribution in [0, 0.1) is 0 Å². The molecule has 2 aliphatic carbocycles. The molecular weight excluding hydrogens is 807 g/mol. The van der Waals surface area contributed by atoms with E-state index in [9.17, 15) is 16.8 Å². The highest BCUT2D eigenvalue weighted by atomic mass is 32.2. The van der Waals surface area contributed by atoms with Gasteiger partial charge in [0.25, 0.3) is 0 Å². The molecule has 310 valence electrons. The summed E-state index contributed by atoms with van der Waals surface area (Å²) in [5.41, 5.74) is 4.19. The fraction of sp³-hybridized carbons (Fsp3) is 0.283. The SMILES string of the molecule is C=C1N=c2[nH]c(c3ccc(S(=O)(=O)NC4CCCCC4)cc23)=NC2=NC(=Nc3[nH]c(c4ccccc34)N=C(C)c3cc(S(=O)(=O)NC4CCCCC4)ccc31)c1ccccc12. The fourth-order valence-corrected chi connectivity index (χ4v) is 11.7. The van der Waals surface area contributed by atoms with Crippen molar-refractivity contribution in [1.82, 2.24) is 19.4 Å². The van der Waals surface area contributed by atoms with Gasteiger partial charge in [-0.05, 0) is 62.9 Å². The van der Waals surface area contributed by atoms with E-state index in [2.05, 4.69) is 26.0 Å².